The van der Waals surface area contributed by atoms with E-state index >= 15 is 0 Å². The molecule has 0 unspecified atom stereocenters. The average Bonchev–Trinajstić information content (AvgIpc) is 3.07. The van der Waals surface area contributed by atoms with Gasteiger partial charge in [-0.25, -0.2) is 0 Å². The van der Waals surface area contributed by atoms with Crippen LogP contribution >= 0.6 is 0 Å². The summed E-state index contributed by atoms with van der Waals surface area (Å²) in [5.74, 6) is 0.950. The molecule has 0 spiro atoms. The zero-order valence-corrected chi connectivity index (χ0v) is 9.75. The van der Waals surface area contributed by atoms with Crippen molar-refractivity contribution in [2.24, 2.45) is 0 Å². The minimum Gasteiger partial charge on any atom is -0.496 e. The van der Waals surface area contributed by atoms with Gasteiger partial charge in [-0.3, -0.25) is 4.79 Å². The molecule has 0 heterocycles. The standard InChI is InChI=1S/C13H17NO2/c1-10(15)14-9-13(7-8-13)11-5-3-4-6-12(11)16-2/h3-6H,7-9H2,1-2H3,(H,14,15). The highest BCUT2D eigenvalue weighted by molar-refractivity contribution is 5.73. The second-order valence-electron chi connectivity index (χ2n) is 4.39. The van der Waals surface area contributed by atoms with Crippen molar-refractivity contribution in [2.75, 3.05) is 13.7 Å². The summed E-state index contributed by atoms with van der Waals surface area (Å²) < 4.78 is 5.37. The number of nitrogens with one attached hydrogen (secondary N) is 1. The smallest absolute Gasteiger partial charge is 0.216 e. The molecule has 3 heteroatoms. The van der Waals surface area contributed by atoms with Gasteiger partial charge in [0.05, 0.1) is 7.11 Å². The molecule has 3 nitrogen and oxygen atoms in total. The van der Waals surface area contributed by atoms with Gasteiger partial charge in [0, 0.05) is 24.4 Å². The van der Waals surface area contributed by atoms with Crippen molar-refractivity contribution >= 4 is 5.91 Å². The third-order valence-corrected chi connectivity index (χ3v) is 3.21. The van der Waals surface area contributed by atoms with E-state index in [-0.39, 0.29) is 11.3 Å². The van der Waals surface area contributed by atoms with E-state index in [4.69, 9.17) is 4.74 Å². The molecular weight excluding hydrogens is 202 g/mol. The lowest BCUT2D eigenvalue weighted by Gasteiger charge is -2.18. The van der Waals surface area contributed by atoms with E-state index in [2.05, 4.69) is 11.4 Å². The third-order valence-electron chi connectivity index (χ3n) is 3.21. The summed E-state index contributed by atoms with van der Waals surface area (Å²) >= 11 is 0. The summed E-state index contributed by atoms with van der Waals surface area (Å²) in [6, 6.07) is 8.05. The number of amides is 1. The van der Waals surface area contributed by atoms with Crippen molar-refractivity contribution in [1.29, 1.82) is 0 Å². The van der Waals surface area contributed by atoms with Crippen LogP contribution in [0.25, 0.3) is 0 Å². The molecule has 1 fully saturated rings. The normalized spacial score (nSPS) is 16.6. The van der Waals surface area contributed by atoms with E-state index in [1.54, 1.807) is 14.0 Å². The number of hydrogen-bond donors (Lipinski definition) is 1. The fraction of sp³-hybridized carbons (Fsp3) is 0.462. The zero-order chi connectivity index (χ0) is 11.6. The van der Waals surface area contributed by atoms with Gasteiger partial charge in [0.15, 0.2) is 0 Å². The van der Waals surface area contributed by atoms with Crippen LogP contribution in [-0.2, 0) is 10.2 Å². The first-order chi connectivity index (χ1) is 7.68. The molecule has 0 radical (unpaired) electrons. The van der Waals surface area contributed by atoms with Gasteiger partial charge >= 0.3 is 0 Å². The Bertz CT molecular complexity index is 397. The summed E-state index contributed by atoms with van der Waals surface area (Å²) in [6.07, 6.45) is 2.24. The van der Waals surface area contributed by atoms with E-state index in [9.17, 15) is 4.79 Å². The van der Waals surface area contributed by atoms with Crippen LogP contribution < -0.4 is 10.1 Å². The fourth-order valence-electron chi connectivity index (χ4n) is 2.07. The van der Waals surface area contributed by atoms with Crippen molar-refractivity contribution in [1.82, 2.24) is 5.32 Å². The lowest BCUT2D eigenvalue weighted by atomic mass is 9.95. The Balaban J connectivity index is 2.19. The quantitative estimate of drug-likeness (QED) is 0.839. The molecule has 1 amide bonds. The SMILES string of the molecule is COc1ccccc1C1(CNC(C)=O)CC1. The van der Waals surface area contributed by atoms with E-state index in [1.165, 1.54) is 5.56 Å². The minimum atomic E-state index is 0.0289. The van der Waals surface area contributed by atoms with Gasteiger partial charge in [-0.05, 0) is 18.9 Å². The molecular formula is C13H17NO2. The van der Waals surface area contributed by atoms with Crippen molar-refractivity contribution < 1.29 is 9.53 Å². The number of benzene rings is 1. The molecule has 0 atom stereocenters. The maximum Gasteiger partial charge on any atom is 0.216 e. The molecule has 1 aromatic carbocycles. The Kier molecular flexibility index (Phi) is 2.86. The summed E-state index contributed by atoms with van der Waals surface area (Å²) in [6.45, 7) is 2.26. The lowest BCUT2D eigenvalue weighted by molar-refractivity contribution is -0.119. The zero-order valence-electron chi connectivity index (χ0n) is 9.75. The van der Waals surface area contributed by atoms with Gasteiger partial charge in [0.1, 0.15) is 5.75 Å². The Labute approximate surface area is 95.8 Å². The minimum absolute atomic E-state index is 0.0289. The van der Waals surface area contributed by atoms with Crippen LogP contribution in [-0.4, -0.2) is 19.6 Å². The Morgan fingerprint density at radius 1 is 1.44 bits per heavy atom. The van der Waals surface area contributed by atoms with Crippen LogP contribution in [0.4, 0.5) is 0 Å². The Morgan fingerprint density at radius 3 is 2.69 bits per heavy atom. The molecule has 2 rings (SSSR count). The molecule has 86 valence electrons. The van der Waals surface area contributed by atoms with E-state index < -0.39 is 0 Å². The second kappa shape index (κ2) is 4.16. The number of ether oxygens (including phenoxy) is 1. The lowest BCUT2D eigenvalue weighted by Crippen LogP contribution is -2.30. The summed E-state index contributed by atoms with van der Waals surface area (Å²) in [5, 5.41) is 2.90. The number of hydrogen-bond acceptors (Lipinski definition) is 2. The van der Waals surface area contributed by atoms with Crippen LogP contribution in [0, 0.1) is 0 Å². The van der Waals surface area contributed by atoms with Gasteiger partial charge < -0.3 is 10.1 Å². The monoisotopic (exact) mass is 219 g/mol. The van der Waals surface area contributed by atoms with E-state index in [1.807, 2.05) is 18.2 Å². The average molecular weight is 219 g/mol. The van der Waals surface area contributed by atoms with Gasteiger partial charge in [-0.15, -0.1) is 0 Å². The van der Waals surface area contributed by atoms with E-state index in [0.717, 1.165) is 18.6 Å². The molecule has 0 aliphatic heterocycles. The van der Waals surface area contributed by atoms with Crippen LogP contribution in [0.2, 0.25) is 0 Å². The fourth-order valence-corrected chi connectivity index (χ4v) is 2.07. The van der Waals surface area contributed by atoms with Crippen LogP contribution in [0.5, 0.6) is 5.75 Å². The van der Waals surface area contributed by atoms with Crippen molar-refractivity contribution in [3.8, 4) is 5.75 Å². The van der Waals surface area contributed by atoms with Crippen molar-refractivity contribution in [3.05, 3.63) is 29.8 Å². The number of methoxy groups -OCH3 is 1. The first kappa shape index (κ1) is 11.0. The first-order valence-corrected chi connectivity index (χ1v) is 5.56. The topological polar surface area (TPSA) is 38.3 Å². The third kappa shape index (κ3) is 2.03. The predicted octanol–water partition coefficient (Wildman–Crippen LogP) is 1.86. The highest BCUT2D eigenvalue weighted by Crippen LogP contribution is 2.50. The number of rotatable bonds is 4. The summed E-state index contributed by atoms with van der Waals surface area (Å²) in [5.41, 5.74) is 1.32. The molecule has 0 saturated heterocycles. The summed E-state index contributed by atoms with van der Waals surface area (Å²) in [4.78, 5) is 11.0. The molecule has 0 bridgehead atoms. The Morgan fingerprint density at radius 2 is 2.12 bits per heavy atom. The number of para-hydroxylation sites is 1. The van der Waals surface area contributed by atoms with Gasteiger partial charge in [0.25, 0.3) is 0 Å². The molecule has 1 N–H and O–H groups in total. The van der Waals surface area contributed by atoms with Crippen LogP contribution in [0.3, 0.4) is 0 Å². The maximum atomic E-state index is 11.0. The molecule has 1 aliphatic carbocycles. The molecule has 1 aliphatic rings. The first-order valence-electron chi connectivity index (χ1n) is 5.56. The van der Waals surface area contributed by atoms with E-state index in [0.29, 0.717) is 6.54 Å². The summed E-state index contributed by atoms with van der Waals surface area (Å²) in [7, 11) is 1.69. The Hall–Kier alpha value is -1.51. The highest BCUT2D eigenvalue weighted by Gasteiger charge is 2.45. The largest absolute Gasteiger partial charge is 0.496 e. The molecule has 16 heavy (non-hydrogen) atoms. The maximum absolute atomic E-state index is 11.0. The van der Waals surface area contributed by atoms with Crippen molar-refractivity contribution in [3.63, 3.8) is 0 Å². The van der Waals surface area contributed by atoms with Crippen LogP contribution in [0.1, 0.15) is 25.3 Å². The second-order valence-corrected chi connectivity index (χ2v) is 4.39. The molecule has 0 aromatic heterocycles. The van der Waals surface area contributed by atoms with Crippen molar-refractivity contribution in [2.45, 2.75) is 25.2 Å². The highest BCUT2D eigenvalue weighted by atomic mass is 16.5. The molecule has 1 saturated carbocycles. The van der Waals surface area contributed by atoms with Crippen LogP contribution in [0.15, 0.2) is 24.3 Å². The number of carbonyl (C=O) groups is 1. The predicted molar refractivity (Wildman–Crippen MR) is 62.6 cm³/mol. The molecule has 1 aromatic rings. The van der Waals surface area contributed by atoms with Gasteiger partial charge in [-0.2, -0.15) is 0 Å². The number of carbonyl (C=O) groups excluding carboxylic acids is 1. The van der Waals surface area contributed by atoms with Gasteiger partial charge in [-0.1, -0.05) is 18.2 Å². The van der Waals surface area contributed by atoms with Gasteiger partial charge in [0.2, 0.25) is 5.91 Å².